The number of ether oxygens (including phenoxy) is 1. The molecule has 1 aliphatic carbocycles. The quantitative estimate of drug-likeness (QED) is 0.625. The number of rotatable bonds is 6. The van der Waals surface area contributed by atoms with Crippen molar-refractivity contribution < 1.29 is 4.74 Å². The molecule has 0 radical (unpaired) electrons. The lowest BCUT2D eigenvalue weighted by Crippen LogP contribution is -2.13. The van der Waals surface area contributed by atoms with Crippen LogP contribution < -0.4 is 4.74 Å². The summed E-state index contributed by atoms with van der Waals surface area (Å²) in [7, 11) is 0. The van der Waals surface area contributed by atoms with Gasteiger partial charge in [0.25, 0.3) is 0 Å². The lowest BCUT2D eigenvalue weighted by Gasteiger charge is -2.28. The van der Waals surface area contributed by atoms with Gasteiger partial charge < -0.3 is 4.74 Å². The molecule has 1 saturated carbocycles. The van der Waals surface area contributed by atoms with Crippen molar-refractivity contribution in [1.82, 2.24) is 0 Å². The Kier molecular flexibility index (Phi) is 5.75. The second kappa shape index (κ2) is 7.57. The normalized spacial score (nSPS) is 23.3. The van der Waals surface area contributed by atoms with Crippen LogP contribution in [0.4, 0.5) is 0 Å². The van der Waals surface area contributed by atoms with E-state index in [0.29, 0.717) is 6.61 Å². The minimum Gasteiger partial charge on any atom is -0.525 e. The molecule has 19 heavy (non-hydrogen) atoms. The molecule has 1 aromatic rings. The fourth-order valence-corrected chi connectivity index (χ4v) is 3.21. The van der Waals surface area contributed by atoms with Crippen LogP contribution in [0.25, 0.3) is 0 Å². The van der Waals surface area contributed by atoms with Gasteiger partial charge in [-0.15, -0.1) is 0 Å². The van der Waals surface area contributed by atoms with E-state index in [2.05, 4.69) is 31.2 Å². The summed E-state index contributed by atoms with van der Waals surface area (Å²) in [5, 5.41) is 0. The summed E-state index contributed by atoms with van der Waals surface area (Å²) in [4.78, 5) is 0. The molecule has 1 aromatic carbocycles. The Hall–Kier alpha value is -0.980. The third-order valence-corrected chi connectivity index (χ3v) is 4.31. The Balaban J connectivity index is 1.85. The van der Waals surface area contributed by atoms with Crippen molar-refractivity contribution in [3.05, 3.63) is 36.2 Å². The van der Waals surface area contributed by atoms with Crippen molar-refractivity contribution in [1.29, 1.82) is 0 Å². The van der Waals surface area contributed by atoms with E-state index in [1.54, 1.807) is 0 Å². The van der Waals surface area contributed by atoms with Gasteiger partial charge in [0.15, 0.2) is 0 Å². The monoisotopic (exact) mass is 259 g/mol. The molecule has 0 aliphatic heterocycles. The van der Waals surface area contributed by atoms with E-state index in [1.165, 1.54) is 44.1 Å². The maximum absolute atomic E-state index is 5.59. The van der Waals surface area contributed by atoms with Crippen LogP contribution in [0.2, 0.25) is 0 Å². The fraction of sp³-hybridized carbons (Fsp3) is 0.611. The summed E-state index contributed by atoms with van der Waals surface area (Å²) in [5.41, 5.74) is 1.50. The predicted molar refractivity (Wildman–Crippen MR) is 81.5 cm³/mol. The molecule has 0 amide bonds. The third kappa shape index (κ3) is 4.26. The zero-order chi connectivity index (χ0) is 13.5. The minimum absolute atomic E-state index is 0.696. The molecule has 0 unspecified atom stereocenters. The lowest BCUT2D eigenvalue weighted by atomic mass is 9.77. The van der Waals surface area contributed by atoms with Crippen molar-refractivity contribution in [3.8, 4) is 5.75 Å². The Morgan fingerprint density at radius 2 is 1.79 bits per heavy atom. The van der Waals surface area contributed by atoms with Gasteiger partial charge >= 0.3 is 0 Å². The highest BCUT2D eigenvalue weighted by atomic mass is 16.5. The van der Waals surface area contributed by atoms with Gasteiger partial charge in [-0.3, -0.25) is 6.42 Å². The summed E-state index contributed by atoms with van der Waals surface area (Å²) in [6.45, 7) is 5.02. The molecule has 0 saturated heterocycles. The van der Waals surface area contributed by atoms with Crippen molar-refractivity contribution in [2.24, 2.45) is 5.92 Å². The summed E-state index contributed by atoms with van der Waals surface area (Å²) < 4.78 is 5.59. The van der Waals surface area contributed by atoms with Gasteiger partial charge in [-0.25, -0.2) is 0 Å². The zero-order valence-corrected chi connectivity index (χ0v) is 12.4. The number of hydrogen-bond acceptors (Lipinski definition) is 1. The molecular weight excluding hydrogens is 232 g/mol. The van der Waals surface area contributed by atoms with Crippen molar-refractivity contribution in [2.75, 3.05) is 6.61 Å². The van der Waals surface area contributed by atoms with E-state index in [1.807, 2.05) is 13.3 Å². The zero-order valence-electron chi connectivity index (χ0n) is 12.4. The molecule has 0 bridgehead atoms. The first kappa shape index (κ1) is 14.4. The van der Waals surface area contributed by atoms with E-state index in [-0.39, 0.29) is 0 Å². The summed E-state index contributed by atoms with van der Waals surface area (Å²) in [5.74, 6) is 2.75. The highest BCUT2D eigenvalue weighted by Crippen LogP contribution is 2.37. The van der Waals surface area contributed by atoms with Gasteiger partial charge in [0.2, 0.25) is 0 Å². The Labute approximate surface area is 118 Å². The molecule has 1 nitrogen and oxygen atoms in total. The van der Waals surface area contributed by atoms with Gasteiger partial charge in [-0.2, -0.15) is 6.92 Å². The molecule has 0 N–H and O–H groups in total. The van der Waals surface area contributed by atoms with Crippen molar-refractivity contribution in [2.45, 2.75) is 58.3 Å². The van der Waals surface area contributed by atoms with E-state index < -0.39 is 0 Å². The SMILES string of the molecule is C[CH-]COc1ccc(C2CCC(CCC)CC2)cc1. The van der Waals surface area contributed by atoms with Gasteiger partial charge in [0.1, 0.15) is 5.75 Å². The van der Waals surface area contributed by atoms with Crippen LogP contribution >= 0.6 is 0 Å². The van der Waals surface area contributed by atoms with Crippen LogP contribution in [0.5, 0.6) is 5.75 Å². The maximum atomic E-state index is 5.59. The van der Waals surface area contributed by atoms with E-state index in [4.69, 9.17) is 4.74 Å². The smallest absolute Gasteiger partial charge is 0.115 e. The first-order chi connectivity index (χ1) is 9.33. The van der Waals surface area contributed by atoms with Crippen LogP contribution in [0.3, 0.4) is 0 Å². The second-order valence-electron chi connectivity index (χ2n) is 5.79. The molecule has 0 atom stereocenters. The van der Waals surface area contributed by atoms with Crippen LogP contribution in [-0.4, -0.2) is 6.61 Å². The standard InChI is InChI=1S/C18H27O/c1-3-5-15-6-8-16(9-7-15)17-10-12-18(13-11-17)19-14-4-2/h4,10-13,15-16H,3,5-9,14H2,1-2H3/q-1. The van der Waals surface area contributed by atoms with E-state index in [0.717, 1.165) is 17.6 Å². The molecule has 106 valence electrons. The lowest BCUT2D eigenvalue weighted by molar-refractivity contribution is 0.308. The third-order valence-electron chi connectivity index (χ3n) is 4.31. The highest BCUT2D eigenvalue weighted by molar-refractivity contribution is 5.29. The van der Waals surface area contributed by atoms with Crippen LogP contribution in [0.1, 0.15) is 63.9 Å². The number of benzene rings is 1. The van der Waals surface area contributed by atoms with Gasteiger partial charge in [0, 0.05) is 0 Å². The molecular formula is C18H27O-. The molecule has 1 aliphatic rings. The number of hydrogen-bond donors (Lipinski definition) is 0. The molecule has 1 fully saturated rings. The van der Waals surface area contributed by atoms with E-state index >= 15 is 0 Å². The Bertz CT molecular complexity index is 346. The van der Waals surface area contributed by atoms with Crippen molar-refractivity contribution in [3.63, 3.8) is 0 Å². The van der Waals surface area contributed by atoms with Gasteiger partial charge in [-0.05, 0) is 61.8 Å². The van der Waals surface area contributed by atoms with Crippen LogP contribution in [0.15, 0.2) is 24.3 Å². The van der Waals surface area contributed by atoms with Gasteiger partial charge in [0.05, 0.1) is 0 Å². The molecule has 0 heterocycles. The average Bonchev–Trinajstić information content (AvgIpc) is 2.47. The fourth-order valence-electron chi connectivity index (χ4n) is 3.21. The molecule has 0 spiro atoms. The summed E-state index contributed by atoms with van der Waals surface area (Å²) >= 11 is 0. The first-order valence-corrected chi connectivity index (χ1v) is 7.84. The highest BCUT2D eigenvalue weighted by Gasteiger charge is 2.21. The summed E-state index contributed by atoms with van der Waals surface area (Å²) in [6, 6.07) is 8.76. The van der Waals surface area contributed by atoms with Crippen LogP contribution in [0, 0.1) is 12.3 Å². The molecule has 1 heteroatoms. The van der Waals surface area contributed by atoms with Gasteiger partial charge in [-0.1, -0.05) is 31.9 Å². The molecule has 0 aromatic heterocycles. The minimum atomic E-state index is 0.696. The molecule has 2 rings (SSSR count). The second-order valence-corrected chi connectivity index (χ2v) is 5.79. The topological polar surface area (TPSA) is 9.23 Å². The van der Waals surface area contributed by atoms with Crippen molar-refractivity contribution >= 4 is 0 Å². The maximum Gasteiger partial charge on any atom is 0.115 e. The van der Waals surface area contributed by atoms with Crippen LogP contribution in [-0.2, 0) is 0 Å². The largest absolute Gasteiger partial charge is 0.525 e. The Morgan fingerprint density at radius 3 is 2.37 bits per heavy atom. The summed E-state index contributed by atoms with van der Waals surface area (Å²) in [6.07, 6.45) is 10.4. The first-order valence-electron chi connectivity index (χ1n) is 7.84. The predicted octanol–water partition coefficient (Wildman–Crippen LogP) is 5.36. The van der Waals surface area contributed by atoms with E-state index in [9.17, 15) is 0 Å². The Morgan fingerprint density at radius 1 is 1.11 bits per heavy atom. The average molecular weight is 259 g/mol.